The van der Waals surface area contributed by atoms with Crippen molar-refractivity contribution in [2.24, 2.45) is 0 Å². The van der Waals surface area contributed by atoms with Crippen LogP contribution in [0, 0.1) is 0 Å². The van der Waals surface area contributed by atoms with Crippen LogP contribution in [0.4, 0.5) is 0 Å². The summed E-state index contributed by atoms with van der Waals surface area (Å²) in [5.41, 5.74) is 2.18. The van der Waals surface area contributed by atoms with E-state index in [-0.39, 0.29) is 6.16 Å². The normalized spacial score (nSPS) is 14.4. The molecule has 0 aliphatic rings. The molecule has 0 spiro atoms. The first-order chi connectivity index (χ1) is 5.12. The Morgan fingerprint density at radius 2 is 2.27 bits per heavy atom. The van der Waals surface area contributed by atoms with Crippen LogP contribution in [0.1, 0.15) is 6.92 Å². The molecule has 0 fully saturated rings. The average Bonchev–Trinajstić information content (AvgIpc) is 1.87. The van der Waals surface area contributed by atoms with Gasteiger partial charge in [0.15, 0.2) is 5.94 Å². The van der Waals surface area contributed by atoms with Crippen LogP contribution in [0.25, 0.3) is 0 Å². The average molecular weight is 174 g/mol. The molecule has 0 amide bonds. The van der Waals surface area contributed by atoms with E-state index in [1.165, 1.54) is 18.7 Å². The largest absolute Gasteiger partial charge is 0.329 e. The minimum absolute atomic E-state index is 0.246. The third-order valence-electron chi connectivity index (χ3n) is 0.986. The van der Waals surface area contributed by atoms with Gasteiger partial charge in [-0.25, -0.2) is 4.79 Å². The lowest BCUT2D eigenvalue weighted by Gasteiger charge is -2.07. The Morgan fingerprint density at radius 1 is 1.64 bits per heavy atom. The maximum Gasteiger partial charge on any atom is 0.204 e. The van der Waals surface area contributed by atoms with Crippen LogP contribution in [0.5, 0.6) is 0 Å². The Bertz CT molecular complexity index is 234. The first kappa shape index (κ1) is 10.4. The number of hydrogen-bond acceptors (Lipinski definition) is 3. The number of carbonyl (C=O) groups excluding carboxylic acids is 1. The van der Waals surface area contributed by atoms with Crippen molar-refractivity contribution >= 4 is 13.3 Å². The molecule has 0 saturated carbocycles. The van der Waals surface area contributed by atoms with E-state index in [9.17, 15) is 9.36 Å². The molecule has 3 nitrogen and oxygen atoms in total. The molecule has 0 radical (unpaired) electrons. The topological polar surface area (TPSA) is 43.4 Å². The lowest BCUT2D eigenvalue weighted by atomic mass is 10.7. The van der Waals surface area contributed by atoms with Gasteiger partial charge in [-0.2, -0.15) is 0 Å². The van der Waals surface area contributed by atoms with Gasteiger partial charge in [0.25, 0.3) is 0 Å². The van der Waals surface area contributed by atoms with Crippen LogP contribution in [-0.2, 0) is 13.9 Å². The maximum absolute atomic E-state index is 11.3. The number of rotatable bonds is 4. The van der Waals surface area contributed by atoms with Crippen molar-refractivity contribution in [1.29, 1.82) is 0 Å². The van der Waals surface area contributed by atoms with Crippen LogP contribution < -0.4 is 0 Å². The second-order valence-corrected chi connectivity index (χ2v) is 4.72. The van der Waals surface area contributed by atoms with Crippen LogP contribution in [0.15, 0.2) is 11.8 Å². The van der Waals surface area contributed by atoms with E-state index < -0.39 is 7.37 Å². The Morgan fingerprint density at radius 3 is 2.73 bits per heavy atom. The molecule has 0 rings (SSSR count). The molecule has 0 N–H and O–H groups in total. The molecule has 0 aliphatic heterocycles. The Kier molecular flexibility index (Phi) is 4.85. The fourth-order valence-corrected chi connectivity index (χ4v) is 1.65. The third-order valence-corrected chi connectivity index (χ3v) is 2.64. The first-order valence-electron chi connectivity index (χ1n) is 3.28. The minimum Gasteiger partial charge on any atom is -0.329 e. The van der Waals surface area contributed by atoms with Crippen LogP contribution in [0.2, 0.25) is 0 Å². The molecule has 0 aromatic heterocycles. The van der Waals surface area contributed by atoms with Crippen LogP contribution in [0.3, 0.4) is 0 Å². The van der Waals surface area contributed by atoms with Gasteiger partial charge in [0.2, 0.25) is 7.37 Å². The molecule has 1 unspecified atom stereocenters. The second-order valence-electron chi connectivity index (χ2n) is 2.06. The highest BCUT2D eigenvalue weighted by Gasteiger charge is 2.11. The van der Waals surface area contributed by atoms with E-state index in [0.29, 0.717) is 6.61 Å². The molecule has 0 aromatic carbocycles. The lowest BCUT2D eigenvalue weighted by molar-refractivity contribution is 0.339. The molecule has 0 heterocycles. The van der Waals surface area contributed by atoms with Gasteiger partial charge in [-0.1, -0.05) is 0 Å². The van der Waals surface area contributed by atoms with E-state index in [0.717, 1.165) is 0 Å². The van der Waals surface area contributed by atoms with E-state index >= 15 is 0 Å². The molecule has 4 heteroatoms. The highest BCUT2D eigenvalue weighted by molar-refractivity contribution is 7.58. The summed E-state index contributed by atoms with van der Waals surface area (Å²) in [6.45, 7) is 3.72. The summed E-state index contributed by atoms with van der Waals surface area (Å²) >= 11 is 0. The van der Waals surface area contributed by atoms with Gasteiger partial charge in [-0.15, -0.1) is 0 Å². The second kappa shape index (κ2) is 5.12. The zero-order chi connectivity index (χ0) is 8.74. The molecular formula is C7H11O3P. The molecule has 11 heavy (non-hydrogen) atoms. The van der Waals surface area contributed by atoms with Gasteiger partial charge in [0.1, 0.15) is 0 Å². The molecule has 0 aliphatic carbocycles. The predicted octanol–water partition coefficient (Wildman–Crippen LogP) is 1.47. The van der Waals surface area contributed by atoms with Gasteiger partial charge in [-0.05, 0) is 18.7 Å². The summed E-state index contributed by atoms with van der Waals surface area (Å²) in [4.78, 5) is 9.65. The summed E-state index contributed by atoms with van der Waals surface area (Å²) in [6.07, 6.45) is 1.62. The molecule has 0 aromatic rings. The number of allylic oxidation sites excluding steroid dienone is 1. The smallest absolute Gasteiger partial charge is 0.204 e. The third kappa shape index (κ3) is 5.84. The summed E-state index contributed by atoms with van der Waals surface area (Å²) in [6, 6.07) is 0. The molecular weight excluding hydrogens is 163 g/mol. The zero-order valence-corrected chi connectivity index (χ0v) is 7.56. The Balaban J connectivity index is 4.02. The van der Waals surface area contributed by atoms with Crippen molar-refractivity contribution in [2.45, 2.75) is 6.92 Å². The highest BCUT2D eigenvalue weighted by atomic mass is 31.2. The fraction of sp³-hybridized carbons (Fsp3) is 0.571. The predicted molar refractivity (Wildman–Crippen MR) is 43.8 cm³/mol. The van der Waals surface area contributed by atoms with Crippen molar-refractivity contribution in [3.8, 4) is 0 Å². The van der Waals surface area contributed by atoms with Gasteiger partial charge in [0, 0.05) is 6.66 Å². The van der Waals surface area contributed by atoms with E-state index in [4.69, 9.17) is 4.52 Å². The minimum atomic E-state index is -2.52. The van der Waals surface area contributed by atoms with Gasteiger partial charge >= 0.3 is 0 Å². The quantitative estimate of drug-likeness (QED) is 0.368. The summed E-state index contributed by atoms with van der Waals surface area (Å²) in [5, 5.41) is 0. The zero-order valence-electron chi connectivity index (χ0n) is 6.66. The van der Waals surface area contributed by atoms with Crippen LogP contribution in [-0.4, -0.2) is 25.4 Å². The van der Waals surface area contributed by atoms with Crippen molar-refractivity contribution < 1.29 is 13.9 Å². The van der Waals surface area contributed by atoms with Gasteiger partial charge in [0.05, 0.1) is 12.8 Å². The fourth-order valence-electron chi connectivity index (χ4n) is 0.579. The van der Waals surface area contributed by atoms with E-state index in [2.05, 4.69) is 5.73 Å². The van der Waals surface area contributed by atoms with Crippen molar-refractivity contribution in [2.75, 3.05) is 19.4 Å². The summed E-state index contributed by atoms with van der Waals surface area (Å²) < 4.78 is 16.2. The number of hydrogen-bond donors (Lipinski definition) is 0. The van der Waals surface area contributed by atoms with E-state index in [1.807, 2.05) is 0 Å². The monoisotopic (exact) mass is 174 g/mol. The van der Waals surface area contributed by atoms with Gasteiger partial charge < -0.3 is 4.52 Å². The summed E-state index contributed by atoms with van der Waals surface area (Å²) in [5.74, 6) is 1.45. The Labute approximate surface area is 66.2 Å². The summed E-state index contributed by atoms with van der Waals surface area (Å²) in [7, 11) is -2.52. The Hall–Kier alpha value is -0.580. The molecule has 62 valence electrons. The molecule has 1 atom stereocenters. The highest BCUT2D eigenvalue weighted by Crippen LogP contribution is 2.41. The van der Waals surface area contributed by atoms with Crippen molar-refractivity contribution in [3.05, 3.63) is 11.8 Å². The van der Waals surface area contributed by atoms with Crippen molar-refractivity contribution in [1.82, 2.24) is 0 Å². The maximum atomic E-state index is 11.3. The van der Waals surface area contributed by atoms with Gasteiger partial charge in [-0.3, -0.25) is 4.57 Å². The lowest BCUT2D eigenvalue weighted by Crippen LogP contribution is -1.90. The van der Waals surface area contributed by atoms with Crippen LogP contribution >= 0.6 is 7.37 Å². The van der Waals surface area contributed by atoms with E-state index in [1.54, 1.807) is 6.92 Å². The van der Waals surface area contributed by atoms with Crippen molar-refractivity contribution in [3.63, 3.8) is 0 Å². The standard InChI is InChI=1S/C7H11O3P/c1-3-10-11(2,9)7-5-4-6-8/h5H,3,7H2,1-2H3. The SMILES string of the molecule is CCOP(C)(=O)CC=C=C=O. The molecule has 0 bridgehead atoms. The molecule has 0 saturated heterocycles. The first-order valence-corrected chi connectivity index (χ1v) is 5.53.